The van der Waals surface area contributed by atoms with Crippen molar-refractivity contribution in [3.8, 4) is 0 Å². The fourth-order valence-electron chi connectivity index (χ4n) is 4.94. The molecule has 1 aromatic carbocycles. The summed E-state index contributed by atoms with van der Waals surface area (Å²) in [6.07, 6.45) is 6.21. The van der Waals surface area contributed by atoms with Crippen LogP contribution in [0.15, 0.2) is 24.3 Å². The minimum Gasteiger partial charge on any atom is -0.338 e. The van der Waals surface area contributed by atoms with Gasteiger partial charge in [-0.2, -0.15) is 0 Å². The van der Waals surface area contributed by atoms with Crippen LogP contribution in [-0.4, -0.2) is 35.0 Å². The smallest absolute Gasteiger partial charge is 0.315 e. The molecule has 2 N–H and O–H groups in total. The molecule has 6 heteroatoms. The maximum atomic E-state index is 12.8. The van der Waals surface area contributed by atoms with Crippen molar-refractivity contribution in [2.24, 2.45) is 5.92 Å². The van der Waals surface area contributed by atoms with E-state index in [-0.39, 0.29) is 29.6 Å². The number of halogens is 1. The Labute approximate surface area is 173 Å². The molecule has 0 bridgehead atoms. The predicted molar refractivity (Wildman–Crippen MR) is 112 cm³/mol. The van der Waals surface area contributed by atoms with Crippen LogP contribution < -0.4 is 10.6 Å². The van der Waals surface area contributed by atoms with Crippen LogP contribution in [0.3, 0.4) is 0 Å². The van der Waals surface area contributed by atoms with E-state index in [1.807, 2.05) is 29.2 Å². The first-order valence-corrected chi connectivity index (χ1v) is 10.7. The molecule has 2 atom stereocenters. The van der Waals surface area contributed by atoms with Gasteiger partial charge in [0.15, 0.2) is 0 Å². The topological polar surface area (TPSA) is 61.4 Å². The Morgan fingerprint density at radius 3 is 2.54 bits per heavy atom. The van der Waals surface area contributed by atoms with Crippen molar-refractivity contribution in [2.75, 3.05) is 6.54 Å². The number of carbonyl (C=O) groups excluding carboxylic acids is 2. The molecule has 1 aliphatic carbocycles. The van der Waals surface area contributed by atoms with Crippen molar-refractivity contribution >= 4 is 23.5 Å². The molecule has 1 saturated heterocycles. The Morgan fingerprint density at radius 2 is 1.93 bits per heavy atom. The zero-order valence-corrected chi connectivity index (χ0v) is 17.9. The zero-order chi connectivity index (χ0) is 20.3. The molecule has 0 aromatic heterocycles. The molecule has 3 rings (SSSR count). The van der Waals surface area contributed by atoms with Crippen molar-refractivity contribution in [1.82, 2.24) is 15.5 Å². The lowest BCUT2D eigenvalue weighted by Crippen LogP contribution is -2.57. The molecule has 1 heterocycles. The second-order valence-electron chi connectivity index (χ2n) is 8.87. The normalized spacial score (nSPS) is 23.3. The molecule has 154 valence electrons. The Hall–Kier alpha value is -1.75. The Bertz CT molecular complexity index is 715. The lowest BCUT2D eigenvalue weighted by molar-refractivity contribution is -0.136. The van der Waals surface area contributed by atoms with E-state index in [4.69, 9.17) is 11.6 Å². The van der Waals surface area contributed by atoms with Gasteiger partial charge in [-0.3, -0.25) is 4.79 Å². The standard InChI is InChI=1S/C22H32ClN3O2/c1-15(27)26-12-11-19(14-22(26,2)3)24-21(28)25-20(16-7-4-5-8-16)17-9-6-10-18(23)13-17/h6,9-10,13,16,19-20H,4-5,7-8,11-12,14H2,1-3H3,(H2,24,25,28)/t19-,20+/m1/s1. The van der Waals surface area contributed by atoms with E-state index in [2.05, 4.69) is 24.5 Å². The summed E-state index contributed by atoms with van der Waals surface area (Å²) in [6.45, 7) is 6.41. The minimum absolute atomic E-state index is 0.0217. The summed E-state index contributed by atoms with van der Waals surface area (Å²) in [5, 5.41) is 7.07. The van der Waals surface area contributed by atoms with Crippen molar-refractivity contribution in [3.63, 3.8) is 0 Å². The number of benzene rings is 1. The SMILES string of the molecule is CC(=O)N1CC[C@@H](NC(=O)N[C@H](c2cccc(Cl)c2)C2CCCC2)CC1(C)C. The molecular weight excluding hydrogens is 374 g/mol. The number of rotatable bonds is 4. The highest BCUT2D eigenvalue weighted by molar-refractivity contribution is 6.30. The molecule has 0 unspecified atom stereocenters. The van der Waals surface area contributed by atoms with E-state index in [1.54, 1.807) is 6.92 Å². The molecule has 3 amide bonds. The van der Waals surface area contributed by atoms with Gasteiger partial charge in [0.1, 0.15) is 0 Å². The van der Waals surface area contributed by atoms with Crippen molar-refractivity contribution in [1.29, 1.82) is 0 Å². The second-order valence-corrected chi connectivity index (χ2v) is 9.30. The molecule has 0 radical (unpaired) electrons. The van der Waals surface area contributed by atoms with Crippen molar-refractivity contribution in [3.05, 3.63) is 34.9 Å². The highest BCUT2D eigenvalue weighted by Gasteiger charge is 2.37. The molecule has 1 aliphatic heterocycles. The maximum Gasteiger partial charge on any atom is 0.315 e. The zero-order valence-electron chi connectivity index (χ0n) is 17.1. The lowest BCUT2D eigenvalue weighted by Gasteiger charge is -2.45. The summed E-state index contributed by atoms with van der Waals surface area (Å²) >= 11 is 6.20. The first kappa shape index (κ1) is 21.0. The van der Waals surface area contributed by atoms with E-state index in [0.717, 1.165) is 31.2 Å². The van der Waals surface area contributed by atoms with E-state index >= 15 is 0 Å². The minimum atomic E-state index is -0.250. The van der Waals surface area contributed by atoms with E-state index < -0.39 is 0 Å². The average Bonchev–Trinajstić information content (AvgIpc) is 3.12. The monoisotopic (exact) mass is 405 g/mol. The van der Waals surface area contributed by atoms with Gasteiger partial charge in [-0.25, -0.2) is 4.79 Å². The summed E-state index contributed by atoms with van der Waals surface area (Å²) in [5.41, 5.74) is 0.820. The molecule has 1 saturated carbocycles. The third kappa shape index (κ3) is 4.99. The van der Waals surface area contributed by atoms with Gasteiger partial charge < -0.3 is 15.5 Å². The quantitative estimate of drug-likeness (QED) is 0.765. The Morgan fingerprint density at radius 1 is 1.21 bits per heavy atom. The summed E-state index contributed by atoms with van der Waals surface area (Å²) in [5.74, 6) is 0.537. The number of nitrogens with one attached hydrogen (secondary N) is 2. The van der Waals surface area contributed by atoms with Crippen LogP contribution in [0.5, 0.6) is 0 Å². The number of piperidine rings is 1. The van der Waals surface area contributed by atoms with Gasteiger partial charge in [0.2, 0.25) is 5.91 Å². The third-order valence-electron chi connectivity index (χ3n) is 6.26. The van der Waals surface area contributed by atoms with Crippen LogP contribution in [0.2, 0.25) is 5.02 Å². The third-order valence-corrected chi connectivity index (χ3v) is 6.49. The van der Waals surface area contributed by atoms with Crippen molar-refractivity contribution < 1.29 is 9.59 Å². The summed E-state index contributed by atoms with van der Waals surface area (Å²) in [4.78, 5) is 26.6. The van der Waals surface area contributed by atoms with Crippen LogP contribution >= 0.6 is 11.6 Å². The van der Waals surface area contributed by atoms with E-state index in [0.29, 0.717) is 17.5 Å². The highest BCUT2D eigenvalue weighted by Crippen LogP contribution is 2.36. The number of carbonyl (C=O) groups is 2. The maximum absolute atomic E-state index is 12.8. The van der Waals surface area contributed by atoms with Gasteiger partial charge >= 0.3 is 6.03 Å². The van der Waals surface area contributed by atoms with Gasteiger partial charge in [0.05, 0.1) is 6.04 Å². The van der Waals surface area contributed by atoms with E-state index in [9.17, 15) is 9.59 Å². The van der Waals surface area contributed by atoms with Crippen LogP contribution in [0, 0.1) is 5.92 Å². The highest BCUT2D eigenvalue weighted by atomic mass is 35.5. The van der Waals surface area contributed by atoms with Crippen LogP contribution in [0.1, 0.15) is 70.9 Å². The van der Waals surface area contributed by atoms with Crippen LogP contribution in [0.4, 0.5) is 4.79 Å². The average molecular weight is 406 g/mol. The van der Waals surface area contributed by atoms with Crippen molar-refractivity contribution in [2.45, 2.75) is 76.9 Å². The first-order valence-electron chi connectivity index (χ1n) is 10.4. The number of hydrogen-bond acceptors (Lipinski definition) is 2. The second kappa shape index (κ2) is 8.73. The predicted octanol–water partition coefficient (Wildman–Crippen LogP) is 4.66. The fourth-order valence-corrected chi connectivity index (χ4v) is 5.14. The molecule has 1 aromatic rings. The molecular formula is C22H32ClN3O2. The first-order chi connectivity index (χ1) is 13.3. The molecule has 28 heavy (non-hydrogen) atoms. The number of urea groups is 1. The van der Waals surface area contributed by atoms with Gasteiger partial charge in [0.25, 0.3) is 0 Å². The number of likely N-dealkylation sites (tertiary alicyclic amines) is 1. The largest absolute Gasteiger partial charge is 0.338 e. The molecule has 2 fully saturated rings. The number of amides is 3. The Balaban J connectivity index is 1.65. The summed E-state index contributed by atoms with van der Waals surface area (Å²) in [7, 11) is 0. The van der Waals surface area contributed by atoms with Gasteiger partial charge in [-0.15, -0.1) is 0 Å². The van der Waals surface area contributed by atoms with Crippen LogP contribution in [-0.2, 0) is 4.79 Å². The lowest BCUT2D eigenvalue weighted by atomic mass is 9.87. The van der Waals surface area contributed by atoms with Gasteiger partial charge in [0, 0.05) is 30.1 Å². The molecule has 2 aliphatic rings. The van der Waals surface area contributed by atoms with Crippen LogP contribution in [0.25, 0.3) is 0 Å². The number of hydrogen-bond donors (Lipinski definition) is 2. The fraction of sp³-hybridized carbons (Fsp3) is 0.636. The molecule has 5 nitrogen and oxygen atoms in total. The summed E-state index contributed by atoms with van der Waals surface area (Å²) in [6, 6.07) is 7.72. The van der Waals surface area contributed by atoms with Gasteiger partial charge in [-0.05, 0) is 63.1 Å². The number of nitrogens with zero attached hydrogens (tertiary/aromatic N) is 1. The van der Waals surface area contributed by atoms with E-state index in [1.165, 1.54) is 12.8 Å². The molecule has 0 spiro atoms. The Kier molecular flexibility index (Phi) is 6.54. The summed E-state index contributed by atoms with van der Waals surface area (Å²) < 4.78 is 0. The van der Waals surface area contributed by atoms with Gasteiger partial charge in [-0.1, -0.05) is 36.6 Å².